The van der Waals surface area contributed by atoms with E-state index in [2.05, 4.69) is 6.92 Å². The van der Waals surface area contributed by atoms with Gasteiger partial charge < -0.3 is 23.7 Å². The highest BCUT2D eigenvalue weighted by molar-refractivity contribution is 5.84. The number of ether oxygens (including phenoxy) is 5. The Kier molecular flexibility index (Phi) is 12.1. The van der Waals surface area contributed by atoms with E-state index < -0.39 is 5.97 Å². The van der Waals surface area contributed by atoms with E-state index >= 15 is 0 Å². The first kappa shape index (κ1) is 28.5. The van der Waals surface area contributed by atoms with Crippen LogP contribution in [0.2, 0.25) is 0 Å². The van der Waals surface area contributed by atoms with Gasteiger partial charge in [-0.1, -0.05) is 37.3 Å². The van der Waals surface area contributed by atoms with E-state index in [1.165, 1.54) is 12.2 Å². The third-order valence-corrected chi connectivity index (χ3v) is 5.12. The fourth-order valence-electron chi connectivity index (χ4n) is 3.51. The van der Waals surface area contributed by atoms with Crippen LogP contribution in [-0.2, 0) is 20.7 Å². The molecule has 0 amide bonds. The summed E-state index contributed by atoms with van der Waals surface area (Å²) in [5.74, 6) is 1.37. The van der Waals surface area contributed by atoms with E-state index in [1.807, 2.05) is 44.2 Å². The molecule has 0 heterocycles. The van der Waals surface area contributed by atoms with Gasteiger partial charge in [0.25, 0.3) is 0 Å². The highest BCUT2D eigenvalue weighted by Gasteiger charge is 2.21. The van der Waals surface area contributed by atoms with Gasteiger partial charge >= 0.3 is 11.9 Å². The Morgan fingerprint density at radius 3 is 2.08 bits per heavy atom. The normalized spacial score (nSPS) is 11.9. The lowest BCUT2D eigenvalue weighted by Gasteiger charge is -2.20. The first-order valence-electron chi connectivity index (χ1n) is 12.2. The monoisotopic (exact) mass is 496 g/mol. The fourth-order valence-corrected chi connectivity index (χ4v) is 3.51. The molecule has 0 aliphatic heterocycles. The van der Waals surface area contributed by atoms with Crippen LogP contribution in [0.15, 0.2) is 60.7 Å². The van der Waals surface area contributed by atoms with E-state index in [-0.39, 0.29) is 25.1 Å². The summed E-state index contributed by atoms with van der Waals surface area (Å²) in [6, 6.07) is 11.5. The van der Waals surface area contributed by atoms with E-state index in [0.717, 1.165) is 11.1 Å². The van der Waals surface area contributed by atoms with Crippen LogP contribution < -0.4 is 18.9 Å². The maximum absolute atomic E-state index is 12.0. The predicted octanol–water partition coefficient (Wildman–Crippen LogP) is 5.81. The number of allylic oxidation sites excluding steroid dienone is 2. The van der Waals surface area contributed by atoms with Crippen molar-refractivity contribution in [3.63, 3.8) is 0 Å². The Balaban J connectivity index is 2.12. The molecule has 0 fully saturated rings. The zero-order chi connectivity index (χ0) is 26.3. The van der Waals surface area contributed by atoms with Crippen molar-refractivity contribution in [3.05, 3.63) is 71.8 Å². The molecule has 0 saturated carbocycles. The smallest absolute Gasteiger partial charge is 0.335 e. The van der Waals surface area contributed by atoms with Crippen LogP contribution in [-0.4, -0.2) is 38.4 Å². The quantitative estimate of drug-likeness (QED) is 0.141. The Labute approximate surface area is 213 Å². The Bertz CT molecular complexity index is 1040. The van der Waals surface area contributed by atoms with Crippen LogP contribution in [0.5, 0.6) is 23.0 Å². The van der Waals surface area contributed by atoms with E-state index in [1.54, 1.807) is 32.1 Å². The second-order valence-electron chi connectivity index (χ2n) is 7.86. The molecule has 0 saturated heterocycles. The first-order valence-corrected chi connectivity index (χ1v) is 12.2. The van der Waals surface area contributed by atoms with Crippen LogP contribution in [0.1, 0.15) is 51.7 Å². The molecule has 0 aromatic heterocycles. The van der Waals surface area contributed by atoms with Crippen LogP contribution in [0.4, 0.5) is 0 Å². The van der Waals surface area contributed by atoms with Gasteiger partial charge in [0.1, 0.15) is 19.0 Å². The molecule has 1 atom stereocenters. The molecule has 0 aliphatic rings. The molecule has 7 heteroatoms. The van der Waals surface area contributed by atoms with Gasteiger partial charge in [0.2, 0.25) is 5.75 Å². The van der Waals surface area contributed by atoms with Crippen molar-refractivity contribution in [2.24, 2.45) is 0 Å². The second-order valence-corrected chi connectivity index (χ2v) is 7.86. The van der Waals surface area contributed by atoms with Gasteiger partial charge in [-0.25, -0.2) is 9.59 Å². The summed E-state index contributed by atoms with van der Waals surface area (Å²) in [5, 5.41) is 0. The van der Waals surface area contributed by atoms with Gasteiger partial charge in [0, 0.05) is 12.2 Å². The zero-order valence-electron chi connectivity index (χ0n) is 21.7. The third kappa shape index (κ3) is 8.80. The fraction of sp³-hybridized carbons (Fsp3) is 0.379. The number of carbonyl (C=O) groups excluding carboxylic acids is 2. The Morgan fingerprint density at radius 1 is 0.806 bits per heavy atom. The van der Waals surface area contributed by atoms with Crippen LogP contribution >= 0.6 is 0 Å². The van der Waals surface area contributed by atoms with Crippen molar-refractivity contribution >= 4 is 11.9 Å². The van der Waals surface area contributed by atoms with Crippen molar-refractivity contribution < 1.29 is 33.3 Å². The SMILES string of the molecule is CC=CC(=O)OCCOc1ccc(C(C)Cc2ccc(OC(=O)C=CC)c(OCC)c2OCC)cc1. The lowest BCUT2D eigenvalue weighted by molar-refractivity contribution is -0.138. The zero-order valence-corrected chi connectivity index (χ0v) is 21.7. The molecule has 7 nitrogen and oxygen atoms in total. The maximum Gasteiger partial charge on any atom is 0.335 e. The van der Waals surface area contributed by atoms with E-state index in [4.69, 9.17) is 23.7 Å². The van der Waals surface area contributed by atoms with Gasteiger partial charge in [-0.05, 0) is 69.4 Å². The molecule has 0 N–H and O–H groups in total. The molecule has 0 aliphatic carbocycles. The third-order valence-electron chi connectivity index (χ3n) is 5.12. The van der Waals surface area contributed by atoms with E-state index in [9.17, 15) is 9.59 Å². The molecule has 0 radical (unpaired) electrons. The molecule has 194 valence electrons. The molecule has 0 spiro atoms. The van der Waals surface area contributed by atoms with Crippen molar-refractivity contribution in [2.45, 2.75) is 47.0 Å². The van der Waals surface area contributed by atoms with Gasteiger partial charge in [0.05, 0.1) is 13.2 Å². The van der Waals surface area contributed by atoms with Gasteiger partial charge in [0.15, 0.2) is 11.5 Å². The lowest BCUT2D eigenvalue weighted by atomic mass is 9.93. The minimum atomic E-state index is -0.472. The molecular weight excluding hydrogens is 460 g/mol. The van der Waals surface area contributed by atoms with Crippen molar-refractivity contribution in [3.8, 4) is 23.0 Å². The molecule has 0 bridgehead atoms. The topological polar surface area (TPSA) is 80.3 Å². The Morgan fingerprint density at radius 2 is 1.44 bits per heavy atom. The van der Waals surface area contributed by atoms with Gasteiger partial charge in [-0.15, -0.1) is 0 Å². The summed E-state index contributed by atoms with van der Waals surface area (Å²) in [4.78, 5) is 23.3. The van der Waals surface area contributed by atoms with Crippen molar-refractivity contribution in [1.82, 2.24) is 0 Å². The first-order chi connectivity index (χ1) is 17.4. The minimum absolute atomic E-state index is 0.172. The highest BCUT2D eigenvalue weighted by Crippen LogP contribution is 2.42. The second kappa shape index (κ2) is 15.3. The number of carbonyl (C=O) groups is 2. The number of hydrogen-bond acceptors (Lipinski definition) is 7. The highest BCUT2D eigenvalue weighted by atomic mass is 16.6. The summed E-state index contributed by atoms with van der Waals surface area (Å²) in [7, 11) is 0. The number of hydrogen-bond donors (Lipinski definition) is 0. The van der Waals surface area contributed by atoms with Crippen LogP contribution in [0.25, 0.3) is 0 Å². The van der Waals surface area contributed by atoms with Crippen molar-refractivity contribution in [2.75, 3.05) is 26.4 Å². The molecule has 2 rings (SSSR count). The molecule has 2 aromatic rings. The maximum atomic E-state index is 12.0. The molecular formula is C29H36O7. The Hall–Kier alpha value is -3.74. The summed E-state index contributed by atoms with van der Waals surface area (Å²) >= 11 is 0. The summed E-state index contributed by atoms with van der Waals surface area (Å²) in [6.45, 7) is 10.7. The van der Waals surface area contributed by atoms with E-state index in [0.29, 0.717) is 42.6 Å². The van der Waals surface area contributed by atoms with Crippen LogP contribution in [0.3, 0.4) is 0 Å². The molecule has 1 unspecified atom stereocenters. The average Bonchev–Trinajstić information content (AvgIpc) is 2.86. The van der Waals surface area contributed by atoms with Crippen LogP contribution in [0, 0.1) is 0 Å². The number of benzene rings is 2. The summed E-state index contributed by atoms with van der Waals surface area (Å²) in [6.07, 6.45) is 6.68. The summed E-state index contributed by atoms with van der Waals surface area (Å²) < 4.78 is 28.0. The average molecular weight is 497 g/mol. The lowest BCUT2D eigenvalue weighted by Crippen LogP contribution is -2.10. The van der Waals surface area contributed by atoms with Gasteiger partial charge in [-0.2, -0.15) is 0 Å². The predicted molar refractivity (Wildman–Crippen MR) is 139 cm³/mol. The van der Waals surface area contributed by atoms with Crippen molar-refractivity contribution in [1.29, 1.82) is 0 Å². The van der Waals surface area contributed by atoms with Gasteiger partial charge in [-0.3, -0.25) is 0 Å². The molecule has 2 aromatic carbocycles. The standard InChI is InChI=1S/C29H36O7/c1-6-10-26(30)35-19-18-34-24-15-12-22(13-16-24)21(5)20-23-14-17-25(36-27(31)11-7-2)29(33-9-4)28(23)32-8-3/h6-7,10-17,21H,8-9,18-20H2,1-5H3. The number of rotatable bonds is 14. The summed E-state index contributed by atoms with van der Waals surface area (Å²) in [5.41, 5.74) is 2.09. The molecule has 36 heavy (non-hydrogen) atoms. The largest absolute Gasteiger partial charge is 0.490 e. The number of esters is 2. The minimum Gasteiger partial charge on any atom is -0.490 e.